The van der Waals surface area contributed by atoms with Gasteiger partial charge in [0.2, 0.25) is 0 Å². The van der Waals surface area contributed by atoms with Gasteiger partial charge in [-0.25, -0.2) is 0 Å². The number of ketones is 2. The predicted octanol–water partition coefficient (Wildman–Crippen LogP) is 1.79. The van der Waals surface area contributed by atoms with Crippen LogP contribution in [0.2, 0.25) is 0 Å². The Hall–Kier alpha value is 0.0400. The molecule has 0 radical (unpaired) electrons. The average Bonchev–Trinajstić information content (AvgIpc) is 2.39. The molecule has 2 aliphatic rings. The van der Waals surface area contributed by atoms with E-state index in [0.717, 1.165) is 6.42 Å². The Morgan fingerprint density at radius 2 is 1.80 bits per heavy atom. The Bertz CT molecular complexity index is 325. The maximum atomic E-state index is 11.7. The third kappa shape index (κ3) is 1.57. The molecule has 0 amide bonds. The molecule has 84 valence electrons. The fourth-order valence-corrected chi connectivity index (χ4v) is 3.78. The Labute approximate surface area is 101 Å². The predicted molar refractivity (Wildman–Crippen MR) is 65.6 cm³/mol. The van der Waals surface area contributed by atoms with Crippen LogP contribution in [0.3, 0.4) is 0 Å². The van der Waals surface area contributed by atoms with Crippen molar-refractivity contribution < 1.29 is 9.59 Å². The van der Waals surface area contributed by atoms with Crippen LogP contribution in [-0.2, 0) is 9.59 Å². The van der Waals surface area contributed by atoms with Gasteiger partial charge in [0.15, 0.2) is 0 Å². The van der Waals surface area contributed by atoms with Gasteiger partial charge in [-0.15, -0.1) is 0 Å². The lowest BCUT2D eigenvalue weighted by atomic mass is 9.67. The largest absolute Gasteiger partial charge is 0.299 e. The number of hydrogen-bond donors (Lipinski definition) is 2. The average molecular weight is 244 g/mol. The Balaban J connectivity index is 2.35. The van der Waals surface area contributed by atoms with Crippen LogP contribution < -0.4 is 0 Å². The van der Waals surface area contributed by atoms with E-state index in [9.17, 15) is 9.59 Å². The standard InChI is InChI=1S/C11H16O2S2/c1-11(2)8(14)3-5-6(12)4-7(13)9(5)10(11)15/h5,8-10,14-15H,3-4H2,1-2H3. The molecule has 4 unspecified atom stereocenters. The maximum Gasteiger partial charge on any atom is 0.145 e. The summed E-state index contributed by atoms with van der Waals surface area (Å²) >= 11 is 9.09. The van der Waals surface area contributed by atoms with Crippen molar-refractivity contribution in [3.63, 3.8) is 0 Å². The van der Waals surface area contributed by atoms with Crippen LogP contribution in [0, 0.1) is 17.3 Å². The minimum Gasteiger partial charge on any atom is -0.299 e. The second-order valence-electron chi connectivity index (χ2n) is 5.26. The Morgan fingerprint density at radius 3 is 2.40 bits per heavy atom. The summed E-state index contributed by atoms with van der Waals surface area (Å²) in [5.41, 5.74) is -0.0896. The number of rotatable bonds is 0. The second kappa shape index (κ2) is 3.52. The van der Waals surface area contributed by atoms with Crippen molar-refractivity contribution in [1.82, 2.24) is 0 Å². The third-order valence-electron chi connectivity index (χ3n) is 4.01. The van der Waals surface area contributed by atoms with Gasteiger partial charge in [0.25, 0.3) is 0 Å². The zero-order chi connectivity index (χ0) is 11.4. The number of carbonyl (C=O) groups is 2. The van der Waals surface area contributed by atoms with Gasteiger partial charge in [0.1, 0.15) is 11.6 Å². The van der Waals surface area contributed by atoms with Crippen molar-refractivity contribution in [2.75, 3.05) is 0 Å². The van der Waals surface area contributed by atoms with Gasteiger partial charge < -0.3 is 0 Å². The quantitative estimate of drug-likeness (QED) is 0.503. The van der Waals surface area contributed by atoms with Crippen LogP contribution in [0.5, 0.6) is 0 Å². The molecule has 0 bridgehead atoms. The number of hydrogen-bond acceptors (Lipinski definition) is 4. The maximum absolute atomic E-state index is 11.7. The molecule has 2 rings (SSSR count). The molecule has 2 saturated carbocycles. The summed E-state index contributed by atoms with van der Waals surface area (Å²) in [6.45, 7) is 4.16. The summed E-state index contributed by atoms with van der Waals surface area (Å²) in [4.78, 5) is 23.4. The van der Waals surface area contributed by atoms with Gasteiger partial charge in [-0.3, -0.25) is 9.59 Å². The van der Waals surface area contributed by atoms with E-state index in [1.54, 1.807) is 0 Å². The van der Waals surface area contributed by atoms with Crippen LogP contribution in [0.1, 0.15) is 26.7 Å². The number of fused-ring (bicyclic) bond motifs is 1. The molecule has 0 aliphatic heterocycles. The van der Waals surface area contributed by atoms with Crippen LogP contribution in [0.15, 0.2) is 0 Å². The molecule has 0 saturated heterocycles. The number of carbonyl (C=O) groups excluding carboxylic acids is 2. The first kappa shape index (κ1) is 11.5. The highest BCUT2D eigenvalue weighted by Crippen LogP contribution is 2.50. The molecule has 2 nitrogen and oxygen atoms in total. The molecule has 4 heteroatoms. The summed E-state index contributed by atoms with van der Waals surface area (Å²) in [5.74, 6) is -0.105. The lowest BCUT2D eigenvalue weighted by Crippen LogP contribution is -2.49. The molecule has 2 fully saturated rings. The summed E-state index contributed by atoms with van der Waals surface area (Å²) < 4.78 is 0. The summed E-state index contributed by atoms with van der Waals surface area (Å²) in [6, 6.07) is 0. The van der Waals surface area contributed by atoms with Crippen molar-refractivity contribution in [3.8, 4) is 0 Å². The third-order valence-corrected chi connectivity index (χ3v) is 5.87. The lowest BCUT2D eigenvalue weighted by molar-refractivity contribution is -0.122. The molecular weight excluding hydrogens is 228 g/mol. The molecule has 0 aromatic carbocycles. The zero-order valence-corrected chi connectivity index (χ0v) is 10.7. The van der Waals surface area contributed by atoms with Crippen molar-refractivity contribution in [1.29, 1.82) is 0 Å². The van der Waals surface area contributed by atoms with Gasteiger partial charge >= 0.3 is 0 Å². The van der Waals surface area contributed by atoms with Crippen molar-refractivity contribution >= 4 is 36.8 Å². The summed E-state index contributed by atoms with van der Waals surface area (Å²) in [6.07, 6.45) is 0.839. The summed E-state index contributed by atoms with van der Waals surface area (Å²) in [5, 5.41) is 0.105. The number of thiol groups is 2. The molecule has 0 aromatic rings. The van der Waals surface area contributed by atoms with Crippen LogP contribution >= 0.6 is 25.3 Å². The van der Waals surface area contributed by atoms with Crippen LogP contribution in [0.4, 0.5) is 0 Å². The van der Waals surface area contributed by atoms with Crippen molar-refractivity contribution in [2.45, 2.75) is 37.2 Å². The van der Waals surface area contributed by atoms with Crippen LogP contribution in [0.25, 0.3) is 0 Å². The molecule has 4 atom stereocenters. The Morgan fingerprint density at radius 1 is 1.20 bits per heavy atom. The van der Waals surface area contributed by atoms with Gasteiger partial charge in [-0.2, -0.15) is 25.3 Å². The van der Waals surface area contributed by atoms with E-state index in [-0.39, 0.29) is 45.7 Å². The van der Waals surface area contributed by atoms with E-state index in [1.165, 1.54) is 0 Å². The molecule has 15 heavy (non-hydrogen) atoms. The summed E-state index contributed by atoms with van der Waals surface area (Å²) in [7, 11) is 0. The van der Waals surface area contributed by atoms with Gasteiger partial charge in [-0.05, 0) is 11.8 Å². The first-order chi connectivity index (χ1) is 6.85. The van der Waals surface area contributed by atoms with E-state index in [0.29, 0.717) is 0 Å². The van der Waals surface area contributed by atoms with Crippen LogP contribution in [-0.4, -0.2) is 22.1 Å². The van der Waals surface area contributed by atoms with Crippen molar-refractivity contribution in [3.05, 3.63) is 0 Å². The minimum atomic E-state index is -0.167. The first-order valence-electron chi connectivity index (χ1n) is 5.27. The minimum absolute atomic E-state index is 0.0438. The topological polar surface area (TPSA) is 34.1 Å². The highest BCUT2D eigenvalue weighted by atomic mass is 32.1. The highest BCUT2D eigenvalue weighted by molar-refractivity contribution is 7.82. The van der Waals surface area contributed by atoms with E-state index >= 15 is 0 Å². The highest BCUT2D eigenvalue weighted by Gasteiger charge is 2.54. The fraction of sp³-hybridized carbons (Fsp3) is 0.818. The fourth-order valence-electron chi connectivity index (χ4n) is 2.72. The zero-order valence-electron chi connectivity index (χ0n) is 8.93. The SMILES string of the molecule is CC1(C)C(S)CC2C(=O)CC(=O)C2C1S. The number of Topliss-reactive ketones (excluding diaryl/α,β-unsaturated/α-hetero) is 2. The molecule has 0 spiro atoms. The molecule has 0 N–H and O–H groups in total. The van der Waals surface area contributed by atoms with E-state index in [1.807, 2.05) is 0 Å². The Kier molecular flexibility index (Phi) is 2.70. The van der Waals surface area contributed by atoms with E-state index in [4.69, 9.17) is 0 Å². The van der Waals surface area contributed by atoms with Gasteiger partial charge in [0.05, 0.1) is 6.42 Å². The van der Waals surface area contributed by atoms with Gasteiger partial charge in [-0.1, -0.05) is 13.8 Å². The first-order valence-corrected chi connectivity index (χ1v) is 6.30. The molecule has 2 aliphatic carbocycles. The monoisotopic (exact) mass is 244 g/mol. The molecule has 0 heterocycles. The smallest absolute Gasteiger partial charge is 0.145 e. The van der Waals surface area contributed by atoms with E-state index < -0.39 is 0 Å². The van der Waals surface area contributed by atoms with Crippen molar-refractivity contribution in [2.24, 2.45) is 17.3 Å². The van der Waals surface area contributed by atoms with Gasteiger partial charge in [0, 0.05) is 22.3 Å². The molecule has 0 aromatic heterocycles. The lowest BCUT2D eigenvalue weighted by Gasteiger charge is -2.46. The van der Waals surface area contributed by atoms with E-state index in [2.05, 4.69) is 39.1 Å². The normalized spacial score (nSPS) is 44.3. The second-order valence-corrected chi connectivity index (χ2v) is 6.44. The molecular formula is C11H16O2S2.